The van der Waals surface area contributed by atoms with Crippen molar-refractivity contribution >= 4 is 29.1 Å². The normalized spacial score (nSPS) is 15.9. The zero-order chi connectivity index (χ0) is 20.3. The second kappa shape index (κ2) is 7.95. The van der Waals surface area contributed by atoms with Gasteiger partial charge in [-0.2, -0.15) is 0 Å². The summed E-state index contributed by atoms with van der Waals surface area (Å²) in [5.74, 6) is -1.26. The molecule has 0 saturated carbocycles. The molecule has 9 heteroatoms. The average Bonchev–Trinajstić information content (AvgIpc) is 2.95. The van der Waals surface area contributed by atoms with Gasteiger partial charge < -0.3 is 20.5 Å². The van der Waals surface area contributed by atoms with Gasteiger partial charge in [0, 0.05) is 12.6 Å². The molecule has 3 rings (SSSR count). The second-order valence-corrected chi connectivity index (χ2v) is 6.21. The molecule has 1 aliphatic heterocycles. The number of carbonyl (C=O) groups excluding carboxylic acids is 2. The van der Waals surface area contributed by atoms with Crippen LogP contribution in [0.3, 0.4) is 0 Å². The van der Waals surface area contributed by atoms with E-state index in [0.717, 1.165) is 0 Å². The zero-order valence-electron chi connectivity index (χ0n) is 14.9. The molecule has 2 aromatic carbocycles. The highest BCUT2D eigenvalue weighted by molar-refractivity contribution is 5.90. The van der Waals surface area contributed by atoms with Gasteiger partial charge >= 0.3 is 6.09 Å². The van der Waals surface area contributed by atoms with Gasteiger partial charge in [-0.1, -0.05) is 0 Å². The number of rotatable bonds is 5. The maximum Gasteiger partial charge on any atom is 0.414 e. The van der Waals surface area contributed by atoms with Crippen LogP contribution in [-0.4, -0.2) is 36.3 Å². The predicted octanol–water partition coefficient (Wildman–Crippen LogP) is 2.10. The first-order chi connectivity index (χ1) is 13.3. The molecule has 1 fully saturated rings. The van der Waals surface area contributed by atoms with Crippen LogP contribution in [0.2, 0.25) is 0 Å². The maximum absolute atomic E-state index is 14.5. The standard InChI is InChI=1S/C19H18FN3O5/c1-11(24)21-9-14-10-23(19(27)28-14)13-4-5-16(15(20)8-13)22-12-2-6-17(25)18(26)7-3-12/h2-8,14,22H,9-10H2,1H3,(H,21,24)(H,25,26). The van der Waals surface area contributed by atoms with E-state index in [1.165, 1.54) is 48.2 Å². The first-order valence-electron chi connectivity index (χ1n) is 8.46. The van der Waals surface area contributed by atoms with Crippen molar-refractivity contribution in [3.63, 3.8) is 0 Å². The van der Waals surface area contributed by atoms with Gasteiger partial charge in [0.05, 0.1) is 24.5 Å². The number of halogens is 1. The number of cyclic esters (lactones) is 1. The predicted molar refractivity (Wildman–Crippen MR) is 100 cm³/mol. The molecule has 146 valence electrons. The Hall–Kier alpha value is -3.62. The van der Waals surface area contributed by atoms with Gasteiger partial charge in [-0.3, -0.25) is 14.5 Å². The third-order valence-electron chi connectivity index (χ3n) is 4.08. The van der Waals surface area contributed by atoms with Crippen molar-refractivity contribution < 1.29 is 23.8 Å². The quantitative estimate of drug-likeness (QED) is 0.725. The Kier molecular flexibility index (Phi) is 5.44. The number of hydrogen-bond acceptors (Lipinski definition) is 6. The van der Waals surface area contributed by atoms with Crippen molar-refractivity contribution in [1.29, 1.82) is 0 Å². The second-order valence-electron chi connectivity index (χ2n) is 6.21. The van der Waals surface area contributed by atoms with Crippen molar-refractivity contribution in [3.05, 3.63) is 58.5 Å². The smallest absolute Gasteiger partial charge is 0.414 e. The zero-order valence-corrected chi connectivity index (χ0v) is 14.9. The van der Waals surface area contributed by atoms with Gasteiger partial charge in [0.25, 0.3) is 0 Å². The van der Waals surface area contributed by atoms with E-state index in [2.05, 4.69) is 10.6 Å². The molecule has 1 aliphatic rings. The summed E-state index contributed by atoms with van der Waals surface area (Å²) in [6.45, 7) is 1.73. The van der Waals surface area contributed by atoms with Crippen LogP contribution < -0.4 is 21.0 Å². The number of nitrogens with one attached hydrogen (secondary N) is 2. The van der Waals surface area contributed by atoms with Gasteiger partial charge in [0.2, 0.25) is 11.3 Å². The molecule has 3 N–H and O–H groups in total. The highest BCUT2D eigenvalue weighted by Crippen LogP contribution is 2.27. The Balaban J connectivity index is 1.74. The molecule has 2 aromatic rings. The maximum atomic E-state index is 14.5. The molecular formula is C19H18FN3O5. The lowest BCUT2D eigenvalue weighted by molar-refractivity contribution is -0.119. The van der Waals surface area contributed by atoms with Crippen molar-refractivity contribution in [2.45, 2.75) is 13.0 Å². The molecule has 0 radical (unpaired) electrons. The van der Waals surface area contributed by atoms with Gasteiger partial charge in [-0.05, 0) is 42.5 Å². The first-order valence-corrected chi connectivity index (χ1v) is 8.46. The SMILES string of the molecule is CC(=O)NCC1CN(c2ccc(Nc3ccc(O)c(=O)cc3)c(F)c2)C(=O)O1. The number of ether oxygens (including phenoxy) is 1. The largest absolute Gasteiger partial charge is 0.504 e. The number of carbonyl (C=O) groups is 2. The number of amides is 2. The molecule has 0 aromatic heterocycles. The molecule has 0 bridgehead atoms. The van der Waals surface area contributed by atoms with E-state index in [4.69, 9.17) is 4.74 Å². The number of benzene rings is 1. The third-order valence-corrected chi connectivity index (χ3v) is 4.08. The highest BCUT2D eigenvalue weighted by atomic mass is 19.1. The van der Waals surface area contributed by atoms with E-state index in [0.29, 0.717) is 11.4 Å². The summed E-state index contributed by atoms with van der Waals surface area (Å²) in [4.78, 5) is 35.7. The fourth-order valence-electron chi connectivity index (χ4n) is 2.67. The topological polar surface area (TPSA) is 108 Å². The average molecular weight is 387 g/mol. The van der Waals surface area contributed by atoms with Crippen LogP contribution in [-0.2, 0) is 9.53 Å². The monoisotopic (exact) mass is 387 g/mol. The van der Waals surface area contributed by atoms with E-state index in [1.54, 1.807) is 6.07 Å². The van der Waals surface area contributed by atoms with Gasteiger partial charge in [0.1, 0.15) is 11.9 Å². The van der Waals surface area contributed by atoms with Crippen LogP contribution in [0.4, 0.5) is 26.2 Å². The van der Waals surface area contributed by atoms with Crippen LogP contribution in [0.1, 0.15) is 6.92 Å². The van der Waals surface area contributed by atoms with Crippen molar-refractivity contribution in [2.75, 3.05) is 23.3 Å². The Morgan fingerprint density at radius 2 is 2.00 bits per heavy atom. The van der Waals surface area contributed by atoms with Crippen LogP contribution in [0.5, 0.6) is 5.75 Å². The molecule has 1 saturated heterocycles. The Bertz CT molecular complexity index is 982. The Labute approximate surface area is 159 Å². The van der Waals surface area contributed by atoms with Crippen molar-refractivity contribution in [1.82, 2.24) is 5.32 Å². The van der Waals surface area contributed by atoms with Crippen molar-refractivity contribution in [2.24, 2.45) is 0 Å². The molecule has 28 heavy (non-hydrogen) atoms. The van der Waals surface area contributed by atoms with E-state index in [-0.39, 0.29) is 24.7 Å². The minimum atomic E-state index is -0.621. The fourth-order valence-corrected chi connectivity index (χ4v) is 2.67. The summed E-state index contributed by atoms with van der Waals surface area (Å²) >= 11 is 0. The lowest BCUT2D eigenvalue weighted by Gasteiger charge is -2.15. The molecule has 1 atom stereocenters. The van der Waals surface area contributed by atoms with Gasteiger partial charge in [0.15, 0.2) is 5.75 Å². The molecule has 0 spiro atoms. The lowest BCUT2D eigenvalue weighted by Crippen LogP contribution is -2.33. The van der Waals surface area contributed by atoms with Crippen LogP contribution >= 0.6 is 0 Å². The molecule has 0 aliphatic carbocycles. The summed E-state index contributed by atoms with van der Waals surface area (Å²) in [6.07, 6.45) is -1.14. The molecule has 8 nitrogen and oxygen atoms in total. The summed E-state index contributed by atoms with van der Waals surface area (Å²) < 4.78 is 19.7. The third kappa shape index (κ3) is 4.37. The fraction of sp³-hybridized carbons (Fsp3) is 0.211. The van der Waals surface area contributed by atoms with E-state index >= 15 is 0 Å². The van der Waals surface area contributed by atoms with Crippen LogP contribution in [0, 0.1) is 5.82 Å². The number of hydrogen-bond donors (Lipinski definition) is 3. The minimum Gasteiger partial charge on any atom is -0.504 e. The molecule has 1 heterocycles. The number of aromatic hydroxyl groups is 1. The minimum absolute atomic E-state index is 0.129. The number of nitrogens with zero attached hydrogens (tertiary/aromatic N) is 1. The molecular weight excluding hydrogens is 369 g/mol. The molecule has 1 unspecified atom stereocenters. The van der Waals surface area contributed by atoms with E-state index < -0.39 is 29.2 Å². The van der Waals surface area contributed by atoms with Gasteiger partial charge in [-0.15, -0.1) is 0 Å². The Morgan fingerprint density at radius 1 is 1.25 bits per heavy atom. The summed E-state index contributed by atoms with van der Waals surface area (Å²) in [5.41, 5.74) is 0.297. The summed E-state index contributed by atoms with van der Waals surface area (Å²) in [5, 5.41) is 14.8. The molecule has 2 amide bonds. The summed E-state index contributed by atoms with van der Waals surface area (Å²) in [6, 6.07) is 9.42. The lowest BCUT2D eigenvalue weighted by atomic mass is 10.2. The van der Waals surface area contributed by atoms with E-state index in [9.17, 15) is 23.9 Å². The van der Waals surface area contributed by atoms with Crippen LogP contribution in [0.25, 0.3) is 0 Å². The van der Waals surface area contributed by atoms with Gasteiger partial charge in [-0.25, -0.2) is 9.18 Å². The first kappa shape index (κ1) is 19.2. The summed E-state index contributed by atoms with van der Waals surface area (Å²) in [7, 11) is 0. The number of anilines is 3. The van der Waals surface area contributed by atoms with E-state index in [1.807, 2.05) is 0 Å². The van der Waals surface area contributed by atoms with Crippen LogP contribution in [0.15, 0.2) is 47.3 Å². The van der Waals surface area contributed by atoms with Crippen molar-refractivity contribution in [3.8, 4) is 5.75 Å². The highest BCUT2D eigenvalue weighted by Gasteiger charge is 2.32. The Morgan fingerprint density at radius 3 is 2.71 bits per heavy atom.